The Labute approximate surface area is 251 Å². The second-order valence-corrected chi connectivity index (χ2v) is 12.5. The van der Waals surface area contributed by atoms with E-state index in [4.69, 9.17) is 26.3 Å². The lowest BCUT2D eigenvalue weighted by Crippen LogP contribution is -2.58. The van der Waals surface area contributed by atoms with E-state index in [2.05, 4.69) is 31.9 Å². The Morgan fingerprint density at radius 1 is 1.17 bits per heavy atom. The van der Waals surface area contributed by atoms with Crippen LogP contribution in [0.1, 0.15) is 57.7 Å². The third kappa shape index (κ3) is 6.46. The highest BCUT2D eigenvalue weighted by Crippen LogP contribution is 2.35. The molecule has 5 heterocycles. The average Bonchev–Trinajstić information content (AvgIpc) is 2.98. The van der Waals surface area contributed by atoms with E-state index < -0.39 is 5.60 Å². The van der Waals surface area contributed by atoms with E-state index in [0.29, 0.717) is 48.6 Å². The molecular formula is C30H39ClN8O3. The topological polar surface area (TPSA) is 120 Å². The molecule has 2 saturated heterocycles. The summed E-state index contributed by atoms with van der Waals surface area (Å²) in [5, 5.41) is 22.9. The fourth-order valence-corrected chi connectivity index (χ4v) is 5.72. The van der Waals surface area contributed by atoms with Crippen molar-refractivity contribution in [3.8, 4) is 0 Å². The van der Waals surface area contributed by atoms with Crippen LogP contribution in [-0.2, 0) is 4.74 Å². The zero-order valence-electron chi connectivity index (χ0n) is 24.7. The van der Waals surface area contributed by atoms with Gasteiger partial charge in [0, 0.05) is 57.2 Å². The standard InChI is InChI=1S/C30H39ClN8O3/c1-6-7-23(26(40)19(2)31)24-14-25-27(36-35-24)32-17-22-18-38(12-13-39(22)25)28-33-15-21(16-34-28)20-8-10-37(11-9-20)29(41)42-30(3,4)5/h6-7,14-16,20,22,40H,1,8-13,17-18H2,2-5H3,(H,32,36)/b23-7-,26-19-. The van der Waals surface area contributed by atoms with Crippen LogP contribution in [0.4, 0.5) is 22.2 Å². The van der Waals surface area contributed by atoms with E-state index in [9.17, 15) is 9.90 Å². The summed E-state index contributed by atoms with van der Waals surface area (Å²) in [5.41, 5.74) is 2.53. The highest BCUT2D eigenvalue weighted by Gasteiger charge is 2.34. The maximum Gasteiger partial charge on any atom is 0.410 e. The minimum atomic E-state index is -0.492. The molecule has 42 heavy (non-hydrogen) atoms. The minimum absolute atomic E-state index is 0.0508. The first-order valence-corrected chi connectivity index (χ1v) is 14.7. The van der Waals surface area contributed by atoms with E-state index in [0.717, 1.165) is 43.7 Å². The van der Waals surface area contributed by atoms with E-state index in [1.54, 1.807) is 24.0 Å². The summed E-state index contributed by atoms with van der Waals surface area (Å²) in [6, 6.07) is 2.11. The van der Waals surface area contributed by atoms with Crippen molar-refractivity contribution in [2.75, 3.05) is 54.4 Å². The summed E-state index contributed by atoms with van der Waals surface area (Å²) in [4.78, 5) is 28.2. The number of hydrogen-bond donors (Lipinski definition) is 2. The molecule has 1 unspecified atom stereocenters. The molecule has 224 valence electrons. The summed E-state index contributed by atoms with van der Waals surface area (Å²) in [6.07, 6.45) is 8.61. The molecule has 0 bridgehead atoms. The van der Waals surface area contributed by atoms with Crippen LogP contribution in [0.3, 0.4) is 0 Å². The van der Waals surface area contributed by atoms with Crippen LogP contribution in [-0.4, -0.2) is 87.2 Å². The fraction of sp³-hybridized carbons (Fsp3) is 0.500. The number of aliphatic hydroxyl groups is 1. The Bertz CT molecular complexity index is 1380. The Kier molecular flexibility index (Phi) is 8.58. The first kappa shape index (κ1) is 29.6. The number of hydrogen-bond acceptors (Lipinski definition) is 10. The first-order valence-electron chi connectivity index (χ1n) is 14.4. The van der Waals surface area contributed by atoms with Gasteiger partial charge in [0.2, 0.25) is 5.95 Å². The van der Waals surface area contributed by atoms with Gasteiger partial charge in [0.25, 0.3) is 0 Å². The smallest absolute Gasteiger partial charge is 0.410 e. The number of halogens is 1. The highest BCUT2D eigenvalue weighted by atomic mass is 35.5. The van der Waals surface area contributed by atoms with Crippen LogP contribution in [0.25, 0.3) is 5.57 Å². The molecule has 0 aliphatic carbocycles. The van der Waals surface area contributed by atoms with Crippen molar-refractivity contribution in [2.24, 2.45) is 0 Å². The van der Waals surface area contributed by atoms with Crippen molar-refractivity contribution in [2.45, 2.75) is 58.1 Å². The van der Waals surface area contributed by atoms with Gasteiger partial charge in [-0.25, -0.2) is 14.8 Å². The number of amides is 1. The summed E-state index contributed by atoms with van der Waals surface area (Å²) in [5.74, 6) is 1.70. The number of allylic oxidation sites excluding steroid dienone is 4. The number of ether oxygens (including phenoxy) is 1. The molecule has 3 aliphatic heterocycles. The molecule has 0 radical (unpaired) electrons. The molecular weight excluding hydrogens is 556 g/mol. The van der Waals surface area contributed by atoms with E-state index in [-0.39, 0.29) is 22.9 Å². The van der Waals surface area contributed by atoms with Gasteiger partial charge in [0.15, 0.2) is 5.82 Å². The van der Waals surface area contributed by atoms with Crippen molar-refractivity contribution < 1.29 is 14.6 Å². The van der Waals surface area contributed by atoms with Crippen LogP contribution in [0.2, 0.25) is 0 Å². The van der Waals surface area contributed by atoms with Crippen molar-refractivity contribution in [1.29, 1.82) is 0 Å². The number of nitrogens with zero attached hydrogens (tertiary/aromatic N) is 7. The molecule has 12 heteroatoms. The number of rotatable bonds is 5. The van der Waals surface area contributed by atoms with Crippen molar-refractivity contribution in [3.05, 3.63) is 59.2 Å². The van der Waals surface area contributed by atoms with Gasteiger partial charge in [0.1, 0.15) is 11.4 Å². The zero-order valence-corrected chi connectivity index (χ0v) is 25.4. The highest BCUT2D eigenvalue weighted by molar-refractivity contribution is 6.30. The summed E-state index contributed by atoms with van der Waals surface area (Å²) in [6.45, 7) is 15.3. The Hall–Kier alpha value is -3.86. The first-order chi connectivity index (χ1) is 20.0. The summed E-state index contributed by atoms with van der Waals surface area (Å²) < 4.78 is 5.52. The Morgan fingerprint density at radius 3 is 2.52 bits per heavy atom. The molecule has 2 N–H and O–H groups in total. The normalized spacial score (nSPS) is 20.3. The molecule has 1 amide bonds. The number of aromatic nitrogens is 4. The van der Waals surface area contributed by atoms with E-state index in [1.165, 1.54) is 0 Å². The monoisotopic (exact) mass is 594 g/mol. The number of anilines is 3. The van der Waals surface area contributed by atoms with Crippen molar-refractivity contribution >= 4 is 40.7 Å². The maximum atomic E-state index is 12.4. The summed E-state index contributed by atoms with van der Waals surface area (Å²) >= 11 is 6.07. The number of piperazine rings is 1. The molecule has 0 saturated carbocycles. The lowest BCUT2D eigenvalue weighted by molar-refractivity contribution is 0.0204. The average molecular weight is 595 g/mol. The maximum absolute atomic E-state index is 12.4. The number of likely N-dealkylation sites (tertiary alicyclic amines) is 1. The van der Waals surface area contributed by atoms with Crippen LogP contribution in [0.15, 0.2) is 48.0 Å². The van der Waals surface area contributed by atoms with Crippen molar-refractivity contribution in [3.63, 3.8) is 0 Å². The van der Waals surface area contributed by atoms with Crippen LogP contribution in [0.5, 0.6) is 0 Å². The molecule has 2 fully saturated rings. The van der Waals surface area contributed by atoms with Gasteiger partial charge < -0.3 is 29.9 Å². The fourth-order valence-electron chi connectivity index (χ4n) is 5.62. The zero-order chi connectivity index (χ0) is 30.0. The molecule has 0 spiro atoms. The van der Waals surface area contributed by atoms with Gasteiger partial charge >= 0.3 is 6.09 Å². The van der Waals surface area contributed by atoms with Gasteiger partial charge in [-0.2, -0.15) is 0 Å². The second kappa shape index (κ2) is 12.2. The molecule has 0 aromatic carbocycles. The number of fused-ring (bicyclic) bond motifs is 3. The third-order valence-corrected chi connectivity index (χ3v) is 7.95. The molecule has 11 nitrogen and oxygen atoms in total. The molecule has 1 atom stereocenters. The quantitative estimate of drug-likeness (QED) is 0.357. The number of carbonyl (C=O) groups is 1. The summed E-state index contributed by atoms with van der Waals surface area (Å²) in [7, 11) is 0. The predicted molar refractivity (Wildman–Crippen MR) is 165 cm³/mol. The predicted octanol–water partition coefficient (Wildman–Crippen LogP) is 5.10. The SMILES string of the molecule is C=C/C=C(\C(O)=C(/C)Cl)c1cc2c(nn1)NCC1CN(c3ncc(C4CCN(C(=O)OC(C)(C)C)CC4)cn3)CCN21. The lowest BCUT2D eigenvalue weighted by Gasteiger charge is -2.45. The van der Waals surface area contributed by atoms with Gasteiger partial charge in [-0.15, -0.1) is 10.2 Å². The van der Waals surface area contributed by atoms with Gasteiger partial charge in [0.05, 0.1) is 22.5 Å². The third-order valence-electron chi connectivity index (χ3n) is 7.77. The van der Waals surface area contributed by atoms with Crippen LogP contribution in [0, 0.1) is 0 Å². The number of piperidine rings is 1. The number of nitrogens with one attached hydrogen (secondary N) is 1. The molecule has 3 aliphatic rings. The molecule has 5 rings (SSSR count). The minimum Gasteiger partial charge on any atom is -0.506 e. The van der Waals surface area contributed by atoms with Crippen molar-refractivity contribution in [1.82, 2.24) is 25.1 Å². The number of carbonyl (C=O) groups excluding carboxylic acids is 1. The number of aliphatic hydroxyl groups excluding tert-OH is 1. The second-order valence-electron chi connectivity index (χ2n) is 11.9. The molecule has 2 aromatic heterocycles. The Balaban J connectivity index is 1.23. The molecule has 2 aromatic rings. The van der Waals surface area contributed by atoms with Gasteiger partial charge in [-0.05, 0) is 64.2 Å². The largest absolute Gasteiger partial charge is 0.506 e. The van der Waals surface area contributed by atoms with E-state index >= 15 is 0 Å². The van der Waals surface area contributed by atoms with Gasteiger partial charge in [-0.3, -0.25) is 0 Å². The Morgan fingerprint density at radius 2 is 1.88 bits per heavy atom. The van der Waals surface area contributed by atoms with Crippen LogP contribution >= 0.6 is 11.6 Å². The lowest BCUT2D eigenvalue weighted by atomic mass is 9.91. The van der Waals surface area contributed by atoms with Gasteiger partial charge in [-0.1, -0.05) is 24.3 Å². The van der Waals surface area contributed by atoms with Crippen LogP contribution < -0.4 is 15.1 Å². The van der Waals surface area contributed by atoms with E-state index in [1.807, 2.05) is 39.2 Å².